The van der Waals surface area contributed by atoms with Crippen molar-refractivity contribution in [1.29, 1.82) is 0 Å². The predicted octanol–water partition coefficient (Wildman–Crippen LogP) is 9.46. The van der Waals surface area contributed by atoms with Gasteiger partial charge in [0.25, 0.3) is 16.7 Å². The monoisotopic (exact) mass is 1600 g/mol. The van der Waals surface area contributed by atoms with Crippen molar-refractivity contribution < 1.29 is 19.1 Å². The number of benzene rings is 4. The molecule has 0 radical (unpaired) electrons. The smallest absolute Gasteiger partial charge is 0.279 e. The minimum Gasteiger partial charge on any atom is -0.494 e. The number of hydrogen-bond donors (Lipinski definition) is 3. The Morgan fingerprint density at radius 2 is 0.831 bits per heavy atom. The van der Waals surface area contributed by atoms with Crippen LogP contribution in [-0.4, -0.2) is 252 Å². The van der Waals surface area contributed by atoms with E-state index in [1.807, 2.05) is 82.3 Å². The summed E-state index contributed by atoms with van der Waals surface area (Å²) in [5.74, 6) is 1.25. The van der Waals surface area contributed by atoms with Gasteiger partial charge in [0.2, 0.25) is 35.6 Å². The number of fused-ring (bicyclic) bond motifs is 3. The summed E-state index contributed by atoms with van der Waals surface area (Å²) in [5, 5.41) is 9.91. The number of aromatic nitrogens is 12. The number of nitrogens with zero attached hydrogens (tertiary/aromatic N) is 21. The Bertz CT molecular complexity index is 5610. The molecule has 31 heteroatoms. The third-order valence-electron chi connectivity index (χ3n) is 23.0. The van der Waals surface area contributed by atoms with Gasteiger partial charge in [0.05, 0.1) is 49.5 Å². The molecule has 3 atom stereocenters. The van der Waals surface area contributed by atoms with Crippen molar-refractivity contribution in [3.05, 3.63) is 195 Å². The summed E-state index contributed by atoms with van der Waals surface area (Å²) in [5.41, 5.74) is 12.8. The van der Waals surface area contributed by atoms with E-state index >= 15 is 0 Å². The molecule has 0 spiro atoms. The van der Waals surface area contributed by atoms with Gasteiger partial charge in [-0.2, -0.15) is 15.0 Å². The van der Waals surface area contributed by atoms with Crippen LogP contribution in [-0.2, 0) is 14.4 Å². The molecule has 16 rings (SSSR count). The maximum absolute atomic E-state index is 13.9. The number of piperazine rings is 3. The lowest BCUT2D eigenvalue weighted by Crippen LogP contribution is -2.44. The van der Waals surface area contributed by atoms with E-state index in [1.165, 1.54) is 40.7 Å². The Morgan fingerprint density at radius 3 is 1.21 bits per heavy atom. The number of nitrogens with one attached hydrogen (secondary N) is 3. The number of carbonyl (C=O) groups excluding carboxylic acids is 3. The van der Waals surface area contributed by atoms with Gasteiger partial charge in [-0.3, -0.25) is 42.5 Å². The highest BCUT2D eigenvalue weighted by Crippen LogP contribution is 2.36. The van der Waals surface area contributed by atoms with E-state index in [0.29, 0.717) is 133 Å². The number of ether oxygens (including phenoxy) is 1. The average Bonchev–Trinajstić information content (AvgIpc) is 1.32. The number of rotatable bonds is 19. The number of amides is 3. The maximum atomic E-state index is 13.9. The summed E-state index contributed by atoms with van der Waals surface area (Å²) in [6, 6.07) is 27.3. The van der Waals surface area contributed by atoms with Gasteiger partial charge in [0.1, 0.15) is 39.4 Å². The van der Waals surface area contributed by atoms with Gasteiger partial charge >= 0.3 is 0 Å². The molecule has 6 aliphatic rings. The molecule has 0 bridgehead atoms. The van der Waals surface area contributed by atoms with Crippen LogP contribution in [0.2, 0.25) is 0 Å². The molecule has 3 amide bonds. The third-order valence-corrected chi connectivity index (χ3v) is 23.0. The first kappa shape index (κ1) is 82.2. The minimum atomic E-state index is -0.243. The lowest BCUT2D eigenvalue weighted by Gasteiger charge is -2.35. The molecule has 616 valence electrons. The zero-order chi connectivity index (χ0) is 83.2. The van der Waals surface area contributed by atoms with Crippen LogP contribution in [0.15, 0.2) is 156 Å². The fourth-order valence-corrected chi connectivity index (χ4v) is 16.3. The second-order valence-electron chi connectivity index (χ2n) is 31.8. The lowest BCUT2D eigenvalue weighted by atomic mass is 10.1. The van der Waals surface area contributed by atoms with E-state index in [1.54, 1.807) is 54.1 Å². The van der Waals surface area contributed by atoms with Gasteiger partial charge in [-0.1, -0.05) is 77.8 Å². The third kappa shape index (κ3) is 18.0. The number of methoxy groups -OCH3 is 1. The second kappa shape index (κ2) is 36.0. The molecule has 6 aliphatic heterocycles. The van der Waals surface area contributed by atoms with Gasteiger partial charge in [-0.15, -0.1) is 0 Å². The molecule has 118 heavy (non-hydrogen) atoms. The fourth-order valence-electron chi connectivity index (χ4n) is 16.3. The highest BCUT2D eigenvalue weighted by Gasteiger charge is 2.35. The topological polar surface area (TPSA) is 308 Å². The van der Waals surface area contributed by atoms with E-state index in [-0.39, 0.29) is 64.4 Å². The first-order chi connectivity index (χ1) is 56.9. The number of aryl methyl sites for hydroxylation is 2. The number of hydrogen-bond acceptors (Lipinski definition) is 25. The van der Waals surface area contributed by atoms with Crippen LogP contribution >= 0.6 is 0 Å². The van der Waals surface area contributed by atoms with Crippen molar-refractivity contribution in [2.75, 3.05) is 177 Å². The molecule has 6 saturated heterocycles. The zero-order valence-electron chi connectivity index (χ0n) is 69.2. The maximum Gasteiger partial charge on any atom is 0.279 e. The van der Waals surface area contributed by atoms with Gasteiger partial charge < -0.3 is 64.8 Å². The summed E-state index contributed by atoms with van der Waals surface area (Å²) in [4.78, 5) is 139. The Kier molecular flexibility index (Phi) is 25.1. The molecule has 0 aliphatic carbocycles. The van der Waals surface area contributed by atoms with Crippen molar-refractivity contribution in [1.82, 2.24) is 88.0 Å². The molecular weight excluding hydrogens is 1490 g/mol. The van der Waals surface area contributed by atoms with Gasteiger partial charge in [0, 0.05) is 170 Å². The fraction of sp³-hybridized carbons (Fsp3) is 0.414. The molecule has 0 saturated carbocycles. The summed E-state index contributed by atoms with van der Waals surface area (Å²) in [7, 11) is 8.09. The number of likely N-dealkylation sites (tertiary alicyclic amines) is 3. The van der Waals surface area contributed by atoms with Crippen molar-refractivity contribution in [3.8, 4) is 17.0 Å². The molecule has 2 unspecified atom stereocenters. The quantitative estimate of drug-likeness (QED) is 0.0634. The van der Waals surface area contributed by atoms with Crippen LogP contribution in [0.5, 0.6) is 5.75 Å². The Hall–Kier alpha value is -12.4. The largest absolute Gasteiger partial charge is 0.494 e. The first-order valence-corrected chi connectivity index (χ1v) is 40.6. The Morgan fingerprint density at radius 1 is 0.449 bits per heavy atom. The Labute approximate surface area is 686 Å². The molecule has 4 aromatic carbocycles. The second-order valence-corrected chi connectivity index (χ2v) is 31.8. The number of carbonyl (C=O) groups is 3. The highest BCUT2D eigenvalue weighted by atomic mass is 16.5. The SMILES string of the molecule is C=CC(=O)N1CCC(n2c(=O)c(-c3ccccc3)nc3cnc(Nc4ccc(N5CCN(C)CC5)c(C)c4)nc32)C1.C=CC(=O)N1CCC(n2c(=O)c(C(C)C)nc3cnc(Nc4ccc(N5CCN(C)CC5)c(C)c4)nc32)C1.C=CC(=O)N1CC[C@H](n2c(=O)c(C(C)C)nc3cnc(Nc4ccc(N5CCN(C)CC5)cc4OC)nc32)C1. The summed E-state index contributed by atoms with van der Waals surface area (Å²) >= 11 is 0. The van der Waals surface area contributed by atoms with Crippen molar-refractivity contribution in [2.45, 2.75) is 90.8 Å². The average molecular weight is 1600 g/mol. The van der Waals surface area contributed by atoms with Gasteiger partial charge in [0.15, 0.2) is 16.9 Å². The standard InChI is InChI=1S/C31H34N8O2.C28H36N8O3.C28H36N8O2/c1-4-27(40)38-13-12-24(20-38)39-29-25(34-28(30(39)41)22-8-6-5-7-9-22)19-32-31(35-29)33-23-10-11-26(21(2)18-23)37-16-14-36(3)15-17-37;1-6-24(37)35-10-9-20(17-35)36-26-22(30-25(18(2)3)27(36)38)16-29-28(32-26)31-21-8-7-19(15-23(21)39-5)34-13-11-33(4)12-14-34;1-6-24(37)35-10-9-21(17-35)36-26-22(31-25(18(2)3)27(36)38)16-29-28(32-26)30-20-7-8-23(19(4)15-20)34-13-11-33(5)12-14-34/h4-11,18-19,24H,1,12-17,20H2,2-3H3,(H,32,33,35);6-8,15-16,18,20H,1,9-14,17H2,2-5H3,(H,29,31,32);6-8,15-16,18,21H,1,9-14,17H2,2-5H3,(H,29,30,32)/t;20-;/m.0./s1. The van der Waals surface area contributed by atoms with Crippen LogP contribution in [0.3, 0.4) is 0 Å². The van der Waals surface area contributed by atoms with Gasteiger partial charge in [-0.05, 0) is 132 Å². The molecule has 31 nitrogen and oxygen atoms in total. The van der Waals surface area contributed by atoms with Crippen LogP contribution < -0.4 is 52.1 Å². The number of likely N-dealkylation sites (N-methyl/N-ethyl adjacent to an activating group) is 3. The minimum absolute atomic E-state index is 0.0509. The van der Waals surface area contributed by atoms with Crippen LogP contribution in [0.25, 0.3) is 44.7 Å². The highest BCUT2D eigenvalue weighted by molar-refractivity contribution is 5.88. The Balaban J connectivity index is 0.000000146. The normalized spacial score (nSPS) is 18.1. The number of anilines is 9. The molecule has 6 fully saturated rings. The molecule has 6 aromatic heterocycles. The summed E-state index contributed by atoms with van der Waals surface area (Å²) in [6.45, 7) is 37.9. The molecular formula is C87H106N24O7. The molecule has 3 N–H and O–H groups in total. The van der Waals surface area contributed by atoms with E-state index in [9.17, 15) is 28.8 Å². The van der Waals surface area contributed by atoms with Gasteiger partial charge in [-0.25, -0.2) is 29.9 Å². The van der Waals surface area contributed by atoms with Crippen molar-refractivity contribution in [2.24, 2.45) is 0 Å². The predicted molar refractivity (Wildman–Crippen MR) is 464 cm³/mol. The summed E-state index contributed by atoms with van der Waals surface area (Å²) in [6.07, 6.45) is 10.8. The van der Waals surface area contributed by atoms with E-state index in [4.69, 9.17) is 19.7 Å². The van der Waals surface area contributed by atoms with E-state index < -0.39 is 0 Å². The van der Waals surface area contributed by atoms with E-state index in [2.05, 4.69) is 160 Å². The van der Waals surface area contributed by atoms with E-state index in [0.717, 1.165) is 107 Å². The van der Waals surface area contributed by atoms with Crippen LogP contribution in [0.1, 0.15) is 99.4 Å². The molecule has 10 aromatic rings. The lowest BCUT2D eigenvalue weighted by molar-refractivity contribution is -0.125. The van der Waals surface area contributed by atoms with Crippen LogP contribution in [0, 0.1) is 13.8 Å². The van der Waals surface area contributed by atoms with Crippen molar-refractivity contribution >= 4 is 103 Å². The van der Waals surface area contributed by atoms with Crippen LogP contribution in [0.4, 0.5) is 52.0 Å². The van der Waals surface area contributed by atoms with Crippen molar-refractivity contribution in [3.63, 3.8) is 0 Å². The first-order valence-electron chi connectivity index (χ1n) is 40.6. The summed E-state index contributed by atoms with van der Waals surface area (Å²) < 4.78 is 10.8. The molecule has 12 heterocycles. The zero-order valence-corrected chi connectivity index (χ0v) is 69.2.